The Balaban J connectivity index is 1.25. The van der Waals surface area contributed by atoms with E-state index >= 15 is 0 Å². The van der Waals surface area contributed by atoms with E-state index in [0.29, 0.717) is 39.3 Å². The molecule has 0 spiro atoms. The number of carbonyl (C=O) groups is 3. The van der Waals surface area contributed by atoms with Crippen molar-refractivity contribution in [2.24, 2.45) is 0 Å². The van der Waals surface area contributed by atoms with E-state index in [4.69, 9.17) is 16.0 Å². The van der Waals surface area contributed by atoms with Gasteiger partial charge in [-0.3, -0.25) is 19.1 Å². The molecular formula is C23H21ClFN5O4. The molecule has 0 unspecified atom stereocenters. The molecule has 9 nitrogen and oxygen atoms in total. The van der Waals surface area contributed by atoms with E-state index in [1.807, 2.05) is 0 Å². The zero-order valence-electron chi connectivity index (χ0n) is 18.1. The first kappa shape index (κ1) is 22.1. The van der Waals surface area contributed by atoms with Crippen molar-refractivity contribution in [2.45, 2.75) is 13.1 Å². The summed E-state index contributed by atoms with van der Waals surface area (Å²) < 4.78 is 20.8. The first-order chi connectivity index (χ1) is 16.4. The number of hydrogen-bond donors (Lipinski definition) is 0. The number of carbonyl (C=O) groups excluding carboxylic acids is 3. The van der Waals surface area contributed by atoms with Gasteiger partial charge >= 0.3 is 0 Å². The van der Waals surface area contributed by atoms with Crippen LogP contribution in [0.2, 0.25) is 5.02 Å². The Kier molecular flexibility index (Phi) is 5.82. The van der Waals surface area contributed by atoms with Gasteiger partial charge in [0.15, 0.2) is 11.5 Å². The zero-order valence-corrected chi connectivity index (χ0v) is 18.9. The van der Waals surface area contributed by atoms with Crippen LogP contribution in [0.3, 0.4) is 0 Å². The molecule has 0 N–H and O–H groups in total. The van der Waals surface area contributed by atoms with E-state index in [0.717, 1.165) is 0 Å². The molecule has 34 heavy (non-hydrogen) atoms. The molecule has 0 aliphatic carbocycles. The zero-order chi connectivity index (χ0) is 23.8. The van der Waals surface area contributed by atoms with E-state index in [2.05, 4.69) is 5.10 Å². The lowest BCUT2D eigenvalue weighted by atomic mass is 10.1. The van der Waals surface area contributed by atoms with Crippen LogP contribution in [-0.4, -0.2) is 74.9 Å². The number of benzene rings is 1. The second-order valence-corrected chi connectivity index (χ2v) is 8.53. The Bertz CT molecular complexity index is 1230. The Morgan fingerprint density at radius 1 is 1.00 bits per heavy atom. The minimum absolute atomic E-state index is 0.0322. The third-order valence-electron chi connectivity index (χ3n) is 6.08. The lowest BCUT2D eigenvalue weighted by Gasteiger charge is -2.33. The highest BCUT2D eigenvalue weighted by Gasteiger charge is 2.32. The molecule has 1 fully saturated rings. The number of aromatic nitrogens is 2. The number of fused-ring (bicyclic) bond motifs is 1. The Labute approximate surface area is 199 Å². The van der Waals surface area contributed by atoms with Crippen LogP contribution >= 0.6 is 11.6 Å². The Morgan fingerprint density at radius 2 is 1.74 bits per heavy atom. The number of amides is 3. The molecule has 1 aromatic carbocycles. The van der Waals surface area contributed by atoms with E-state index in [1.165, 1.54) is 34.0 Å². The van der Waals surface area contributed by atoms with Gasteiger partial charge in [-0.05, 0) is 24.3 Å². The highest BCUT2D eigenvalue weighted by atomic mass is 35.5. The minimum Gasteiger partial charge on any atom is -0.459 e. The predicted molar refractivity (Wildman–Crippen MR) is 119 cm³/mol. The summed E-state index contributed by atoms with van der Waals surface area (Å²) in [4.78, 5) is 43.2. The van der Waals surface area contributed by atoms with E-state index in [9.17, 15) is 18.8 Å². The summed E-state index contributed by atoms with van der Waals surface area (Å²) in [7, 11) is 0. The van der Waals surface area contributed by atoms with Gasteiger partial charge in [0.05, 0.1) is 19.4 Å². The summed E-state index contributed by atoms with van der Waals surface area (Å²) >= 11 is 6.11. The monoisotopic (exact) mass is 485 g/mol. The minimum atomic E-state index is -0.472. The normalized spacial score (nSPS) is 16.1. The van der Waals surface area contributed by atoms with Crippen LogP contribution in [0.4, 0.5) is 4.39 Å². The molecule has 0 saturated carbocycles. The molecule has 3 aromatic rings. The number of furan rings is 1. The smallest absolute Gasteiger partial charge is 0.289 e. The first-order valence-electron chi connectivity index (χ1n) is 10.8. The predicted octanol–water partition coefficient (Wildman–Crippen LogP) is 2.52. The summed E-state index contributed by atoms with van der Waals surface area (Å²) in [5.41, 5.74) is 0.692. The summed E-state index contributed by atoms with van der Waals surface area (Å²) in [6, 6.07) is 9.13. The van der Waals surface area contributed by atoms with Crippen LogP contribution in [0.1, 0.15) is 37.1 Å². The standard InChI is InChI=1S/C23H21ClFN5O4/c24-16-3-1-4-17(25)15(16)14-29-10-11-30-19(22(29)32)13-18(26-30)21(31)27-6-8-28(9-7-27)23(33)20-5-2-12-34-20/h1-5,12-13H,6-11,14H2. The van der Waals surface area contributed by atoms with Crippen LogP contribution in [0.5, 0.6) is 0 Å². The third kappa shape index (κ3) is 4.05. The molecule has 11 heteroatoms. The quantitative estimate of drug-likeness (QED) is 0.566. The molecule has 176 valence electrons. The topological polar surface area (TPSA) is 91.9 Å². The summed E-state index contributed by atoms with van der Waals surface area (Å²) in [5, 5.41) is 4.59. The molecule has 4 heterocycles. The van der Waals surface area contributed by atoms with Gasteiger partial charge in [0.25, 0.3) is 17.7 Å². The van der Waals surface area contributed by atoms with Crippen molar-refractivity contribution in [3.05, 3.63) is 76.2 Å². The molecule has 0 atom stereocenters. The van der Waals surface area contributed by atoms with Gasteiger partial charge in [0.1, 0.15) is 11.5 Å². The van der Waals surface area contributed by atoms with Gasteiger partial charge in [0.2, 0.25) is 0 Å². The maximum Gasteiger partial charge on any atom is 0.289 e. The van der Waals surface area contributed by atoms with Crippen LogP contribution in [0.25, 0.3) is 0 Å². The van der Waals surface area contributed by atoms with Crippen molar-refractivity contribution in [3.63, 3.8) is 0 Å². The fraction of sp³-hybridized carbons (Fsp3) is 0.304. The van der Waals surface area contributed by atoms with Crippen LogP contribution < -0.4 is 0 Å². The lowest BCUT2D eigenvalue weighted by molar-refractivity contribution is 0.0514. The van der Waals surface area contributed by atoms with Crippen molar-refractivity contribution < 1.29 is 23.2 Å². The van der Waals surface area contributed by atoms with Gasteiger partial charge < -0.3 is 19.1 Å². The number of hydrogen-bond acceptors (Lipinski definition) is 5. The SMILES string of the molecule is O=C(c1cc2n(n1)CCN(Cc1c(F)cccc1Cl)C2=O)N1CCN(C(=O)c2ccco2)CC1. The molecule has 5 rings (SSSR count). The second kappa shape index (κ2) is 8.94. The highest BCUT2D eigenvalue weighted by Crippen LogP contribution is 2.24. The Hall–Kier alpha value is -3.66. The van der Waals surface area contributed by atoms with E-state index in [-0.39, 0.29) is 52.0 Å². The van der Waals surface area contributed by atoms with Crippen molar-refractivity contribution in [2.75, 3.05) is 32.7 Å². The summed E-state index contributed by atoms with van der Waals surface area (Å²) in [6.07, 6.45) is 1.45. The second-order valence-electron chi connectivity index (χ2n) is 8.13. The molecule has 2 aliphatic heterocycles. The average molecular weight is 486 g/mol. The average Bonchev–Trinajstić information content (AvgIpc) is 3.53. The maximum absolute atomic E-state index is 14.2. The molecule has 3 amide bonds. The molecular weight excluding hydrogens is 465 g/mol. The maximum atomic E-state index is 14.2. The van der Waals surface area contributed by atoms with E-state index < -0.39 is 5.82 Å². The molecule has 1 saturated heterocycles. The molecule has 2 aliphatic rings. The van der Waals surface area contributed by atoms with Gasteiger partial charge in [-0.15, -0.1) is 0 Å². The number of halogens is 2. The van der Waals surface area contributed by atoms with Crippen molar-refractivity contribution in [1.82, 2.24) is 24.5 Å². The largest absolute Gasteiger partial charge is 0.459 e. The van der Waals surface area contributed by atoms with Crippen molar-refractivity contribution in [1.29, 1.82) is 0 Å². The van der Waals surface area contributed by atoms with Gasteiger partial charge in [0, 0.05) is 49.4 Å². The van der Waals surface area contributed by atoms with Gasteiger partial charge in [-0.1, -0.05) is 17.7 Å². The summed E-state index contributed by atoms with van der Waals surface area (Å²) in [5.74, 6) is -1.06. The lowest BCUT2D eigenvalue weighted by Crippen LogP contribution is -2.50. The molecule has 0 bridgehead atoms. The van der Waals surface area contributed by atoms with Gasteiger partial charge in [-0.2, -0.15) is 5.10 Å². The van der Waals surface area contributed by atoms with Crippen LogP contribution in [0.15, 0.2) is 47.1 Å². The highest BCUT2D eigenvalue weighted by molar-refractivity contribution is 6.31. The molecule has 0 radical (unpaired) electrons. The van der Waals surface area contributed by atoms with E-state index in [1.54, 1.807) is 28.0 Å². The third-order valence-corrected chi connectivity index (χ3v) is 6.44. The number of piperazine rings is 1. The number of rotatable bonds is 4. The van der Waals surface area contributed by atoms with Gasteiger partial charge in [-0.25, -0.2) is 4.39 Å². The Morgan fingerprint density at radius 3 is 2.41 bits per heavy atom. The van der Waals surface area contributed by atoms with Crippen molar-refractivity contribution in [3.8, 4) is 0 Å². The first-order valence-corrected chi connectivity index (χ1v) is 11.2. The fourth-order valence-corrected chi connectivity index (χ4v) is 4.42. The van der Waals surface area contributed by atoms with Crippen LogP contribution in [0, 0.1) is 5.82 Å². The number of nitrogens with zero attached hydrogens (tertiary/aromatic N) is 5. The van der Waals surface area contributed by atoms with Crippen molar-refractivity contribution >= 4 is 29.3 Å². The molecule has 2 aromatic heterocycles. The van der Waals surface area contributed by atoms with Crippen LogP contribution in [-0.2, 0) is 13.1 Å². The summed E-state index contributed by atoms with van der Waals surface area (Å²) in [6.45, 7) is 2.16. The fourth-order valence-electron chi connectivity index (χ4n) is 4.20.